The van der Waals surface area contributed by atoms with Gasteiger partial charge in [-0.3, -0.25) is 0 Å². The van der Waals surface area contributed by atoms with Gasteiger partial charge in [-0.05, 0) is 18.6 Å². The van der Waals surface area contributed by atoms with Crippen molar-refractivity contribution in [2.24, 2.45) is 0 Å². The summed E-state index contributed by atoms with van der Waals surface area (Å²) in [5, 5.41) is 9.12. The Labute approximate surface area is 95.8 Å². The maximum atomic E-state index is 12.0. The van der Waals surface area contributed by atoms with E-state index in [0.29, 0.717) is 12.2 Å². The van der Waals surface area contributed by atoms with Crippen molar-refractivity contribution in [1.29, 1.82) is 0 Å². The number of rotatable bonds is 2. The first-order valence-corrected chi connectivity index (χ1v) is 5.00. The Bertz CT molecular complexity index is 430. The van der Waals surface area contributed by atoms with Crippen molar-refractivity contribution >= 4 is 0 Å². The molecule has 6 heteroatoms. The summed E-state index contributed by atoms with van der Waals surface area (Å²) in [6.45, 7) is 1.49. The van der Waals surface area contributed by atoms with Crippen LogP contribution in [0.1, 0.15) is 12.5 Å². The molecule has 0 fully saturated rings. The summed E-state index contributed by atoms with van der Waals surface area (Å²) < 4.78 is 45.2. The van der Waals surface area contributed by atoms with Crippen molar-refractivity contribution in [3.8, 4) is 11.5 Å². The first-order valence-electron chi connectivity index (χ1n) is 5.00. The summed E-state index contributed by atoms with van der Waals surface area (Å²) in [5.74, 6) is 0.00161. The fourth-order valence-electron chi connectivity index (χ4n) is 1.77. The van der Waals surface area contributed by atoms with Crippen LogP contribution in [0, 0.1) is 0 Å². The number of benzene rings is 1. The van der Waals surface area contributed by atoms with Gasteiger partial charge in [0.1, 0.15) is 17.1 Å². The molecule has 3 nitrogen and oxygen atoms in total. The Morgan fingerprint density at radius 3 is 2.76 bits per heavy atom. The zero-order chi connectivity index (χ0) is 12.7. The second-order valence-corrected chi connectivity index (χ2v) is 4.20. The minimum absolute atomic E-state index is 0.197. The maximum absolute atomic E-state index is 12.0. The van der Waals surface area contributed by atoms with Gasteiger partial charge in [0.25, 0.3) is 0 Å². The third-order valence-electron chi connectivity index (χ3n) is 2.53. The lowest BCUT2D eigenvalue weighted by Gasteiger charge is -2.20. The number of hydrogen-bond acceptors (Lipinski definition) is 3. The van der Waals surface area contributed by atoms with Crippen molar-refractivity contribution in [3.05, 3.63) is 23.8 Å². The Morgan fingerprint density at radius 1 is 1.47 bits per heavy atom. The van der Waals surface area contributed by atoms with Crippen LogP contribution in [0.15, 0.2) is 18.2 Å². The molecule has 1 atom stereocenters. The van der Waals surface area contributed by atoms with Crippen LogP contribution in [0.2, 0.25) is 0 Å². The third kappa shape index (κ3) is 2.63. The molecule has 94 valence electrons. The molecule has 1 unspecified atom stereocenters. The molecular weight excluding hydrogens is 237 g/mol. The highest BCUT2D eigenvalue weighted by Gasteiger charge is 2.36. The summed E-state index contributed by atoms with van der Waals surface area (Å²) >= 11 is 0. The molecule has 1 heterocycles. The lowest BCUT2D eigenvalue weighted by molar-refractivity contribution is -0.274. The van der Waals surface area contributed by atoms with Gasteiger partial charge in [-0.25, -0.2) is 0 Å². The van der Waals surface area contributed by atoms with Crippen LogP contribution in [-0.4, -0.2) is 23.7 Å². The predicted octanol–water partition coefficient (Wildman–Crippen LogP) is 2.27. The molecule has 1 N–H and O–H groups in total. The van der Waals surface area contributed by atoms with Crippen molar-refractivity contribution < 1.29 is 27.8 Å². The molecule has 0 saturated heterocycles. The third-order valence-corrected chi connectivity index (χ3v) is 2.53. The number of aliphatic hydroxyl groups is 1. The van der Waals surface area contributed by atoms with E-state index in [4.69, 9.17) is 9.84 Å². The van der Waals surface area contributed by atoms with Crippen LogP contribution in [-0.2, 0) is 6.42 Å². The average molecular weight is 248 g/mol. The summed E-state index contributed by atoms with van der Waals surface area (Å²) in [7, 11) is 0. The number of alkyl halides is 3. The molecule has 0 spiro atoms. The molecule has 0 radical (unpaired) electrons. The smallest absolute Gasteiger partial charge is 0.484 e. The fourth-order valence-corrected chi connectivity index (χ4v) is 1.77. The van der Waals surface area contributed by atoms with Crippen LogP contribution >= 0.6 is 0 Å². The Kier molecular flexibility index (Phi) is 2.69. The lowest BCUT2D eigenvalue weighted by atomic mass is 10.0. The molecule has 2 rings (SSSR count). The Balaban J connectivity index is 2.21. The Morgan fingerprint density at radius 2 is 2.18 bits per heavy atom. The minimum Gasteiger partial charge on any atom is -0.484 e. The van der Waals surface area contributed by atoms with E-state index < -0.39 is 12.0 Å². The van der Waals surface area contributed by atoms with Gasteiger partial charge >= 0.3 is 6.36 Å². The van der Waals surface area contributed by atoms with Crippen molar-refractivity contribution in [2.75, 3.05) is 6.61 Å². The fraction of sp³-hybridized carbons (Fsp3) is 0.455. The van der Waals surface area contributed by atoms with E-state index in [1.165, 1.54) is 18.2 Å². The summed E-state index contributed by atoms with van der Waals surface area (Å²) in [5.41, 5.74) is -0.00444. The second-order valence-electron chi connectivity index (χ2n) is 4.20. The van der Waals surface area contributed by atoms with Gasteiger partial charge < -0.3 is 14.6 Å². The van der Waals surface area contributed by atoms with E-state index in [0.717, 1.165) is 5.56 Å². The number of ether oxygens (including phenoxy) is 2. The molecule has 0 bridgehead atoms. The van der Waals surface area contributed by atoms with Crippen LogP contribution in [0.3, 0.4) is 0 Å². The predicted molar refractivity (Wildman–Crippen MR) is 52.9 cm³/mol. The van der Waals surface area contributed by atoms with E-state index in [1.54, 1.807) is 6.92 Å². The zero-order valence-electron chi connectivity index (χ0n) is 9.04. The molecule has 0 saturated carbocycles. The van der Waals surface area contributed by atoms with Crippen molar-refractivity contribution in [3.63, 3.8) is 0 Å². The average Bonchev–Trinajstić information content (AvgIpc) is 2.52. The summed E-state index contributed by atoms with van der Waals surface area (Å²) in [6.07, 6.45) is -4.25. The number of fused-ring (bicyclic) bond motifs is 1. The van der Waals surface area contributed by atoms with Crippen LogP contribution in [0.5, 0.6) is 11.5 Å². The van der Waals surface area contributed by atoms with Crippen LogP contribution in [0.25, 0.3) is 0 Å². The minimum atomic E-state index is -4.72. The molecule has 0 aliphatic carbocycles. The van der Waals surface area contributed by atoms with Crippen molar-refractivity contribution in [1.82, 2.24) is 0 Å². The van der Waals surface area contributed by atoms with Gasteiger partial charge in [0.2, 0.25) is 0 Å². The highest BCUT2D eigenvalue weighted by Crippen LogP contribution is 2.38. The molecule has 1 aromatic rings. The van der Waals surface area contributed by atoms with E-state index in [9.17, 15) is 13.2 Å². The highest BCUT2D eigenvalue weighted by atomic mass is 19.4. The largest absolute Gasteiger partial charge is 0.573 e. The monoisotopic (exact) mass is 248 g/mol. The molecule has 1 aliphatic heterocycles. The van der Waals surface area contributed by atoms with Gasteiger partial charge in [-0.15, -0.1) is 13.2 Å². The standard InChI is InChI=1S/C11H11F3O3/c1-10(6-15)5-7-2-3-8(4-9(7)17-10)16-11(12,13)14/h2-4,15H,5-6H2,1H3. The van der Waals surface area contributed by atoms with Gasteiger partial charge in [0.05, 0.1) is 6.61 Å². The van der Waals surface area contributed by atoms with Gasteiger partial charge in [-0.1, -0.05) is 6.07 Å². The normalized spacial score (nSPS) is 23.1. The van der Waals surface area contributed by atoms with Gasteiger partial charge in [0.15, 0.2) is 0 Å². The van der Waals surface area contributed by atoms with Gasteiger partial charge in [-0.2, -0.15) is 0 Å². The second kappa shape index (κ2) is 3.80. The first kappa shape index (κ1) is 12.0. The summed E-state index contributed by atoms with van der Waals surface area (Å²) in [6, 6.07) is 3.93. The first-order chi connectivity index (χ1) is 7.81. The lowest BCUT2D eigenvalue weighted by Crippen LogP contribution is -2.34. The van der Waals surface area contributed by atoms with E-state index in [2.05, 4.69) is 4.74 Å². The van der Waals surface area contributed by atoms with Crippen LogP contribution in [0.4, 0.5) is 13.2 Å². The number of aliphatic hydroxyl groups excluding tert-OH is 1. The van der Waals surface area contributed by atoms with Gasteiger partial charge in [0, 0.05) is 12.5 Å². The topological polar surface area (TPSA) is 38.7 Å². The van der Waals surface area contributed by atoms with Crippen LogP contribution < -0.4 is 9.47 Å². The SMILES string of the molecule is CC1(CO)Cc2ccc(OC(F)(F)F)cc2O1. The quantitative estimate of drug-likeness (QED) is 0.872. The summed E-state index contributed by atoms with van der Waals surface area (Å²) in [4.78, 5) is 0. The van der Waals surface area contributed by atoms with E-state index in [1.807, 2.05) is 0 Å². The maximum Gasteiger partial charge on any atom is 0.573 e. The Hall–Kier alpha value is -1.43. The number of hydrogen-bond donors (Lipinski definition) is 1. The molecule has 17 heavy (non-hydrogen) atoms. The molecule has 1 aromatic carbocycles. The molecular formula is C11H11F3O3. The van der Waals surface area contributed by atoms with Crippen molar-refractivity contribution in [2.45, 2.75) is 25.3 Å². The molecule has 0 aromatic heterocycles. The molecule has 0 amide bonds. The highest BCUT2D eigenvalue weighted by molar-refractivity contribution is 5.44. The van der Waals surface area contributed by atoms with E-state index in [-0.39, 0.29) is 12.4 Å². The van der Waals surface area contributed by atoms with E-state index >= 15 is 0 Å². The molecule has 1 aliphatic rings. The number of halogens is 3. The zero-order valence-corrected chi connectivity index (χ0v) is 9.04.